The number of imidazole rings is 1. The molecule has 0 radical (unpaired) electrons. The van der Waals surface area contributed by atoms with Gasteiger partial charge in [-0.3, -0.25) is 0 Å². The molecule has 0 spiro atoms. The third-order valence-electron chi connectivity index (χ3n) is 4.00. The fourth-order valence-electron chi connectivity index (χ4n) is 2.75. The van der Waals surface area contributed by atoms with E-state index in [2.05, 4.69) is 9.97 Å². The molecule has 2 aromatic rings. The second-order valence-corrected chi connectivity index (χ2v) is 5.37. The van der Waals surface area contributed by atoms with Crippen molar-refractivity contribution in [2.45, 2.75) is 18.4 Å². The molecule has 0 amide bonds. The molecule has 1 saturated heterocycles. The average Bonchev–Trinajstić information content (AvgIpc) is 2.89. The first kappa shape index (κ1) is 12.0. The lowest BCUT2D eigenvalue weighted by atomic mass is 9.91. The number of hydrogen-bond donors (Lipinski definition) is 2. The van der Waals surface area contributed by atoms with Crippen LogP contribution in [0.15, 0.2) is 12.1 Å². The topological polar surface area (TPSA) is 82.4 Å². The fourth-order valence-corrected chi connectivity index (χ4v) is 2.75. The predicted octanol–water partition coefficient (Wildman–Crippen LogP) is 1.30. The van der Waals surface area contributed by atoms with Crippen LogP contribution in [-0.2, 0) is 10.3 Å². The Kier molecular flexibility index (Phi) is 2.61. The highest BCUT2D eigenvalue weighted by Crippen LogP contribution is 2.35. The number of ether oxygens (including phenoxy) is 3. The highest BCUT2D eigenvalue weighted by Gasteiger charge is 2.33. The Bertz CT molecular complexity index is 603. The van der Waals surface area contributed by atoms with Gasteiger partial charge in [-0.25, -0.2) is 4.98 Å². The molecule has 0 bridgehead atoms. The van der Waals surface area contributed by atoms with Gasteiger partial charge in [-0.2, -0.15) is 0 Å². The molecule has 1 aromatic heterocycles. The molecule has 4 rings (SSSR count). The number of nitrogens with zero attached hydrogens (tertiary/aromatic N) is 1. The maximum absolute atomic E-state index is 6.46. The van der Waals surface area contributed by atoms with Gasteiger partial charge < -0.3 is 24.9 Å². The molecule has 2 aliphatic rings. The minimum absolute atomic E-state index is 0.431. The number of aromatic nitrogens is 2. The number of rotatable bonds is 1. The number of fused-ring (bicyclic) bond motifs is 2. The van der Waals surface area contributed by atoms with E-state index in [4.69, 9.17) is 19.9 Å². The van der Waals surface area contributed by atoms with Crippen LogP contribution in [0.2, 0.25) is 0 Å². The first-order valence-corrected chi connectivity index (χ1v) is 6.91. The molecule has 0 saturated carbocycles. The largest absolute Gasteiger partial charge is 0.486 e. The number of nitrogens with one attached hydrogen (secondary N) is 1. The van der Waals surface area contributed by atoms with E-state index in [1.807, 2.05) is 12.1 Å². The van der Waals surface area contributed by atoms with Crippen molar-refractivity contribution in [1.29, 1.82) is 0 Å². The van der Waals surface area contributed by atoms with Gasteiger partial charge in [0, 0.05) is 25.3 Å². The molecule has 20 heavy (non-hydrogen) atoms. The predicted molar refractivity (Wildman–Crippen MR) is 73.0 cm³/mol. The third kappa shape index (κ3) is 1.83. The summed E-state index contributed by atoms with van der Waals surface area (Å²) in [6.07, 6.45) is 1.55. The van der Waals surface area contributed by atoms with Crippen LogP contribution in [0.1, 0.15) is 18.7 Å². The fraction of sp³-hybridized carbons (Fsp3) is 0.500. The first-order chi connectivity index (χ1) is 9.74. The smallest absolute Gasteiger partial charge is 0.163 e. The van der Waals surface area contributed by atoms with Crippen molar-refractivity contribution in [1.82, 2.24) is 9.97 Å². The van der Waals surface area contributed by atoms with Gasteiger partial charge in [0.25, 0.3) is 0 Å². The normalized spacial score (nSPS) is 21.1. The van der Waals surface area contributed by atoms with Gasteiger partial charge in [-0.1, -0.05) is 0 Å². The lowest BCUT2D eigenvalue weighted by Gasteiger charge is -2.31. The summed E-state index contributed by atoms with van der Waals surface area (Å²) in [5.41, 5.74) is 7.82. The molecular weight excluding hydrogens is 258 g/mol. The summed E-state index contributed by atoms with van der Waals surface area (Å²) in [5.74, 6) is 2.33. The van der Waals surface area contributed by atoms with Crippen LogP contribution >= 0.6 is 0 Å². The second kappa shape index (κ2) is 4.36. The van der Waals surface area contributed by atoms with Crippen LogP contribution in [0.25, 0.3) is 11.0 Å². The molecule has 0 unspecified atom stereocenters. The summed E-state index contributed by atoms with van der Waals surface area (Å²) in [6.45, 7) is 2.51. The van der Waals surface area contributed by atoms with Crippen molar-refractivity contribution in [2.75, 3.05) is 26.4 Å². The SMILES string of the molecule is NC1(c2nc3cc4c(cc3[nH]2)OCCO4)CCOCC1. The van der Waals surface area contributed by atoms with E-state index in [1.54, 1.807) is 0 Å². The Balaban J connectivity index is 1.78. The maximum Gasteiger partial charge on any atom is 0.163 e. The van der Waals surface area contributed by atoms with Gasteiger partial charge in [-0.05, 0) is 12.8 Å². The van der Waals surface area contributed by atoms with E-state index in [0.29, 0.717) is 26.4 Å². The van der Waals surface area contributed by atoms with Crippen LogP contribution < -0.4 is 15.2 Å². The van der Waals surface area contributed by atoms with E-state index in [9.17, 15) is 0 Å². The minimum Gasteiger partial charge on any atom is -0.486 e. The lowest BCUT2D eigenvalue weighted by Crippen LogP contribution is -2.43. The molecule has 6 heteroatoms. The van der Waals surface area contributed by atoms with E-state index in [1.165, 1.54) is 0 Å². The summed E-state index contributed by atoms with van der Waals surface area (Å²) >= 11 is 0. The maximum atomic E-state index is 6.46. The summed E-state index contributed by atoms with van der Waals surface area (Å²) in [4.78, 5) is 7.97. The Morgan fingerprint density at radius 1 is 1.05 bits per heavy atom. The summed E-state index contributed by atoms with van der Waals surface area (Å²) in [6, 6.07) is 3.84. The van der Waals surface area contributed by atoms with Gasteiger partial charge in [-0.15, -0.1) is 0 Å². The highest BCUT2D eigenvalue weighted by molar-refractivity contribution is 5.80. The molecule has 3 heterocycles. The standard InChI is InChI=1S/C14H17N3O3/c15-14(1-3-18-4-2-14)13-16-9-7-11-12(8-10(9)17-13)20-6-5-19-11/h7-8H,1-6,15H2,(H,16,17). The molecule has 2 aliphatic heterocycles. The van der Waals surface area contributed by atoms with Gasteiger partial charge in [0.15, 0.2) is 11.5 Å². The quantitative estimate of drug-likeness (QED) is 0.819. The van der Waals surface area contributed by atoms with E-state index in [0.717, 1.165) is 41.2 Å². The van der Waals surface area contributed by atoms with E-state index >= 15 is 0 Å². The molecule has 1 aromatic carbocycles. The zero-order valence-corrected chi connectivity index (χ0v) is 11.1. The van der Waals surface area contributed by atoms with Crippen LogP contribution in [0, 0.1) is 0 Å². The molecule has 0 aliphatic carbocycles. The van der Waals surface area contributed by atoms with Crippen molar-refractivity contribution in [3.63, 3.8) is 0 Å². The summed E-state index contributed by atoms with van der Waals surface area (Å²) < 4.78 is 16.5. The number of nitrogens with two attached hydrogens (primary N) is 1. The zero-order chi connectivity index (χ0) is 13.6. The molecule has 6 nitrogen and oxygen atoms in total. The summed E-state index contributed by atoms with van der Waals surface area (Å²) in [7, 11) is 0. The molecule has 0 atom stereocenters. The Morgan fingerprint density at radius 2 is 1.75 bits per heavy atom. The van der Waals surface area contributed by atoms with Crippen LogP contribution in [0.4, 0.5) is 0 Å². The van der Waals surface area contributed by atoms with Gasteiger partial charge in [0.1, 0.15) is 19.0 Å². The van der Waals surface area contributed by atoms with Crippen LogP contribution in [-0.4, -0.2) is 36.4 Å². The molecule has 1 fully saturated rings. The van der Waals surface area contributed by atoms with Gasteiger partial charge in [0.05, 0.1) is 16.6 Å². The molecule has 106 valence electrons. The van der Waals surface area contributed by atoms with Crippen molar-refractivity contribution < 1.29 is 14.2 Å². The highest BCUT2D eigenvalue weighted by atomic mass is 16.6. The Morgan fingerprint density at radius 3 is 2.50 bits per heavy atom. The van der Waals surface area contributed by atoms with Crippen LogP contribution in [0.5, 0.6) is 11.5 Å². The lowest BCUT2D eigenvalue weighted by molar-refractivity contribution is 0.0496. The van der Waals surface area contributed by atoms with Crippen LogP contribution in [0.3, 0.4) is 0 Å². The van der Waals surface area contributed by atoms with Gasteiger partial charge in [0.2, 0.25) is 0 Å². The number of aromatic amines is 1. The van der Waals surface area contributed by atoms with Crippen molar-refractivity contribution in [2.24, 2.45) is 5.73 Å². The molecule has 3 N–H and O–H groups in total. The van der Waals surface area contributed by atoms with Gasteiger partial charge >= 0.3 is 0 Å². The van der Waals surface area contributed by atoms with E-state index < -0.39 is 5.54 Å². The van der Waals surface area contributed by atoms with Crippen molar-refractivity contribution >= 4 is 11.0 Å². The number of benzene rings is 1. The number of hydrogen-bond acceptors (Lipinski definition) is 5. The zero-order valence-electron chi connectivity index (χ0n) is 11.1. The second-order valence-electron chi connectivity index (χ2n) is 5.37. The van der Waals surface area contributed by atoms with Crippen molar-refractivity contribution in [3.8, 4) is 11.5 Å². The van der Waals surface area contributed by atoms with Crippen molar-refractivity contribution in [3.05, 3.63) is 18.0 Å². The minimum atomic E-state index is -0.431. The number of H-pyrrole nitrogens is 1. The average molecular weight is 275 g/mol. The monoisotopic (exact) mass is 275 g/mol. The first-order valence-electron chi connectivity index (χ1n) is 6.91. The molecular formula is C14H17N3O3. The summed E-state index contributed by atoms with van der Waals surface area (Å²) in [5, 5.41) is 0. The van der Waals surface area contributed by atoms with E-state index in [-0.39, 0.29) is 0 Å². The Labute approximate surface area is 116 Å². The third-order valence-corrected chi connectivity index (χ3v) is 4.00. The Hall–Kier alpha value is -1.79.